The Morgan fingerprint density at radius 1 is 0.338 bits per heavy atom. The monoisotopic (exact) mass is 951 g/mol. The van der Waals surface area contributed by atoms with Crippen LogP contribution in [0, 0.1) is 0 Å². The van der Waals surface area contributed by atoms with Gasteiger partial charge in [-0.25, -0.2) is 4.98 Å². The van der Waals surface area contributed by atoms with Gasteiger partial charge in [-0.3, -0.25) is 4.40 Å². The van der Waals surface area contributed by atoms with Crippen molar-refractivity contribution in [3.8, 4) is 0 Å². The van der Waals surface area contributed by atoms with Crippen LogP contribution in [0.1, 0.15) is 52.7 Å². The smallest absolute Gasteiger partial charge is 0.146 e. The van der Waals surface area contributed by atoms with Crippen LogP contribution in [0.5, 0.6) is 0 Å². The zero-order valence-corrected chi connectivity index (χ0v) is 42.4. The molecule has 0 aliphatic heterocycles. The van der Waals surface area contributed by atoms with E-state index in [1.54, 1.807) is 0 Å². The van der Waals surface area contributed by atoms with Crippen LogP contribution in [-0.2, 0) is 10.8 Å². The molecule has 15 rings (SSSR count). The minimum atomic E-state index is -0.142. The standard InChI is InChI=1S/C69H53N5/c1-68(2,3)44-37-53-60-51-34-22-20-24-43(51)36-56(71(46-25-11-7-12-26-46)47-27-13-8-14-28-47)66(60)74-63(53)55(38-44)62-61-52-35-42-23-19-21-33-50(42)59-54-39-45(69(4,5)6)40-57(64(54)73(65(52)59)58(61)41-70-67(62)74)72(48-29-15-9-16-30-48)49-31-17-10-18-32-49/h7-41H,1-6H3. The molecule has 0 saturated carbocycles. The van der Waals surface area contributed by atoms with Gasteiger partial charge in [-0.1, -0.05) is 163 Å². The highest BCUT2D eigenvalue weighted by Crippen LogP contribution is 2.54. The van der Waals surface area contributed by atoms with E-state index in [-0.39, 0.29) is 10.8 Å². The summed E-state index contributed by atoms with van der Waals surface area (Å²) in [5.74, 6) is 0. The highest BCUT2D eigenvalue weighted by Gasteiger charge is 2.32. The number of anilines is 6. The third kappa shape index (κ3) is 5.95. The van der Waals surface area contributed by atoms with E-state index in [9.17, 15) is 0 Å². The Kier molecular flexibility index (Phi) is 8.83. The SMILES string of the molecule is CC(C)(C)c1cc(N(c2ccccc2)c2ccccc2)c2c(c1)c1c3ccccc3cc3c4c5c6cc(C(C)(C)C)cc7c8c9ccccc9cc(N(c9ccccc9)c9ccccc9)c8n(c5ncc4n2c31)c67. The van der Waals surface area contributed by atoms with Crippen molar-refractivity contribution in [2.24, 2.45) is 0 Å². The summed E-state index contributed by atoms with van der Waals surface area (Å²) < 4.78 is 5.11. The fourth-order valence-electron chi connectivity index (χ4n) is 12.6. The molecular formula is C69H53N5. The fraction of sp³-hybridized carbons (Fsp3) is 0.116. The van der Waals surface area contributed by atoms with Crippen molar-refractivity contribution in [2.75, 3.05) is 9.80 Å². The van der Waals surface area contributed by atoms with Crippen LogP contribution in [0.2, 0.25) is 0 Å². The minimum Gasteiger partial charge on any atom is -0.308 e. The van der Waals surface area contributed by atoms with Gasteiger partial charge in [-0.2, -0.15) is 0 Å². The molecule has 15 aromatic rings. The summed E-state index contributed by atoms with van der Waals surface area (Å²) in [6, 6.07) is 76.2. The van der Waals surface area contributed by atoms with E-state index >= 15 is 0 Å². The largest absolute Gasteiger partial charge is 0.308 e. The lowest BCUT2D eigenvalue weighted by atomic mass is 9.85. The number of aromatic nitrogens is 3. The van der Waals surface area contributed by atoms with Gasteiger partial charge in [0.2, 0.25) is 0 Å². The van der Waals surface area contributed by atoms with Crippen LogP contribution in [0.4, 0.5) is 34.1 Å². The van der Waals surface area contributed by atoms with Crippen LogP contribution in [0.3, 0.4) is 0 Å². The van der Waals surface area contributed by atoms with Crippen LogP contribution < -0.4 is 9.80 Å². The number of rotatable bonds is 6. The van der Waals surface area contributed by atoms with E-state index in [0.29, 0.717) is 0 Å². The van der Waals surface area contributed by atoms with E-state index in [0.717, 1.165) is 50.8 Å². The molecule has 0 bridgehead atoms. The van der Waals surface area contributed by atoms with Gasteiger partial charge >= 0.3 is 0 Å². The number of hydrogen-bond donors (Lipinski definition) is 0. The zero-order chi connectivity index (χ0) is 49.8. The number of nitrogens with zero attached hydrogens (tertiary/aromatic N) is 5. The Bertz CT molecular complexity index is 4630. The zero-order valence-electron chi connectivity index (χ0n) is 42.4. The second-order valence-electron chi connectivity index (χ2n) is 22.4. The summed E-state index contributed by atoms with van der Waals surface area (Å²) in [7, 11) is 0. The average Bonchev–Trinajstić information content (AvgIpc) is 4.16. The molecular weight excluding hydrogens is 899 g/mol. The molecule has 0 atom stereocenters. The van der Waals surface area contributed by atoms with E-state index in [2.05, 4.69) is 273 Å². The summed E-state index contributed by atoms with van der Waals surface area (Å²) in [4.78, 5) is 10.7. The molecule has 74 heavy (non-hydrogen) atoms. The van der Waals surface area contributed by atoms with E-state index in [1.165, 1.54) is 92.3 Å². The van der Waals surface area contributed by atoms with Crippen molar-refractivity contribution in [1.82, 2.24) is 13.8 Å². The van der Waals surface area contributed by atoms with Gasteiger partial charge in [0.15, 0.2) is 0 Å². The van der Waals surface area contributed by atoms with Gasteiger partial charge in [0.1, 0.15) is 5.65 Å². The maximum Gasteiger partial charge on any atom is 0.146 e. The molecule has 5 heterocycles. The molecule has 0 spiro atoms. The summed E-state index contributed by atoms with van der Waals surface area (Å²) in [5, 5.41) is 14.8. The Morgan fingerprint density at radius 3 is 1.26 bits per heavy atom. The van der Waals surface area contributed by atoms with Crippen molar-refractivity contribution in [3.05, 3.63) is 224 Å². The molecule has 0 aliphatic rings. The number of hydrogen-bond acceptors (Lipinski definition) is 3. The van der Waals surface area contributed by atoms with Gasteiger partial charge < -0.3 is 14.2 Å². The molecule has 0 aliphatic carbocycles. The van der Waals surface area contributed by atoms with Crippen LogP contribution >= 0.6 is 0 Å². The molecule has 0 saturated heterocycles. The highest BCUT2D eigenvalue weighted by molar-refractivity contribution is 6.40. The first kappa shape index (κ1) is 42.7. The van der Waals surface area contributed by atoms with Crippen molar-refractivity contribution in [1.29, 1.82) is 0 Å². The molecule has 0 radical (unpaired) electrons. The van der Waals surface area contributed by atoms with Crippen molar-refractivity contribution >= 4 is 132 Å². The molecule has 0 unspecified atom stereocenters. The number of fused-ring (bicyclic) bond motifs is 17. The average molecular weight is 952 g/mol. The summed E-state index contributed by atoms with van der Waals surface area (Å²) >= 11 is 0. The first-order valence-electron chi connectivity index (χ1n) is 26.0. The molecule has 0 fully saturated rings. The maximum absolute atomic E-state index is 5.79. The molecule has 0 amide bonds. The van der Waals surface area contributed by atoms with Gasteiger partial charge in [-0.05, 0) is 128 Å². The lowest BCUT2D eigenvalue weighted by Gasteiger charge is -2.29. The third-order valence-electron chi connectivity index (χ3n) is 16.0. The van der Waals surface area contributed by atoms with Gasteiger partial charge in [0, 0.05) is 65.8 Å². The molecule has 5 heteroatoms. The number of pyridine rings is 1. The molecule has 5 nitrogen and oxygen atoms in total. The molecule has 5 aromatic heterocycles. The summed E-state index contributed by atoms with van der Waals surface area (Å²) in [5.41, 5.74) is 15.8. The summed E-state index contributed by atoms with van der Waals surface area (Å²) in [6.07, 6.45) is 2.19. The maximum atomic E-state index is 5.79. The summed E-state index contributed by atoms with van der Waals surface area (Å²) in [6.45, 7) is 14.1. The van der Waals surface area contributed by atoms with Crippen molar-refractivity contribution in [2.45, 2.75) is 52.4 Å². The van der Waals surface area contributed by atoms with Gasteiger partial charge in [-0.15, -0.1) is 0 Å². The quantitative estimate of drug-likeness (QED) is 0.166. The Labute approximate surface area is 429 Å². The van der Waals surface area contributed by atoms with E-state index in [1.807, 2.05) is 0 Å². The lowest BCUT2D eigenvalue weighted by molar-refractivity contribution is 0.591. The van der Waals surface area contributed by atoms with Crippen LogP contribution in [0.15, 0.2) is 212 Å². The predicted molar refractivity (Wildman–Crippen MR) is 315 cm³/mol. The fourth-order valence-corrected chi connectivity index (χ4v) is 12.6. The molecule has 0 N–H and O–H groups in total. The Balaban J connectivity index is 1.18. The number of para-hydroxylation sites is 4. The van der Waals surface area contributed by atoms with E-state index in [4.69, 9.17) is 4.98 Å². The van der Waals surface area contributed by atoms with Gasteiger partial charge in [0.05, 0.1) is 45.2 Å². The van der Waals surface area contributed by atoms with Crippen molar-refractivity contribution < 1.29 is 0 Å². The third-order valence-corrected chi connectivity index (χ3v) is 16.0. The normalized spacial score (nSPS) is 12.7. The first-order valence-corrected chi connectivity index (χ1v) is 26.0. The van der Waals surface area contributed by atoms with Crippen molar-refractivity contribution in [3.63, 3.8) is 0 Å². The van der Waals surface area contributed by atoms with Gasteiger partial charge in [0.25, 0.3) is 0 Å². The second-order valence-corrected chi connectivity index (χ2v) is 22.4. The Hall–Kier alpha value is -8.93. The first-order chi connectivity index (χ1) is 36.0. The number of benzene rings is 10. The van der Waals surface area contributed by atoms with Crippen LogP contribution in [0.25, 0.3) is 97.9 Å². The highest BCUT2D eigenvalue weighted by atomic mass is 15.2. The second kappa shape index (κ2) is 15.3. The van der Waals surface area contributed by atoms with E-state index < -0.39 is 0 Å². The minimum absolute atomic E-state index is 0.130. The topological polar surface area (TPSA) is 28.2 Å². The molecule has 354 valence electrons. The Morgan fingerprint density at radius 2 is 0.743 bits per heavy atom. The predicted octanol–water partition coefficient (Wildman–Crippen LogP) is 19.2. The molecule has 10 aromatic carbocycles. The lowest BCUT2D eigenvalue weighted by Crippen LogP contribution is -2.15. The van der Waals surface area contributed by atoms with Crippen LogP contribution in [-0.4, -0.2) is 13.8 Å².